The summed E-state index contributed by atoms with van der Waals surface area (Å²) in [4.78, 5) is 12.8. The van der Waals surface area contributed by atoms with Crippen LogP contribution >= 0.6 is 0 Å². The Bertz CT molecular complexity index is 519. The maximum atomic E-state index is 10.7. The van der Waals surface area contributed by atoms with Gasteiger partial charge in [0.2, 0.25) is 0 Å². The lowest BCUT2D eigenvalue weighted by Gasteiger charge is -2.14. The lowest BCUT2D eigenvalue weighted by molar-refractivity contribution is 0.0696. The third kappa shape index (κ3) is 3.21. The summed E-state index contributed by atoms with van der Waals surface area (Å²) >= 11 is 0. The third-order valence-electron chi connectivity index (χ3n) is 2.62. The van der Waals surface area contributed by atoms with Gasteiger partial charge in [-0.25, -0.2) is 4.79 Å². The zero-order valence-corrected chi connectivity index (χ0v) is 10.2. The van der Waals surface area contributed by atoms with Crippen LogP contribution in [0.5, 0.6) is 0 Å². The van der Waals surface area contributed by atoms with E-state index in [0.717, 1.165) is 6.54 Å². The molecule has 1 N–H and O–H groups in total. The van der Waals surface area contributed by atoms with Gasteiger partial charge in [0.25, 0.3) is 0 Å². The van der Waals surface area contributed by atoms with Crippen LogP contribution in [0.1, 0.15) is 21.7 Å². The smallest absolute Gasteiger partial charge is 0.338 e. The molecule has 0 fully saturated rings. The second-order valence-electron chi connectivity index (χ2n) is 4.26. The van der Waals surface area contributed by atoms with Crippen molar-refractivity contribution in [1.29, 1.82) is 0 Å². The Kier molecular flexibility index (Phi) is 3.79. The molecule has 0 radical (unpaired) electrons. The molecule has 4 nitrogen and oxygen atoms in total. The number of hydrogen-bond acceptors (Lipinski definition) is 3. The van der Waals surface area contributed by atoms with Gasteiger partial charge in [0.15, 0.2) is 0 Å². The van der Waals surface area contributed by atoms with Crippen molar-refractivity contribution in [3.63, 3.8) is 0 Å². The van der Waals surface area contributed by atoms with Crippen LogP contribution in [0.25, 0.3) is 0 Å². The van der Waals surface area contributed by atoms with Gasteiger partial charge in [-0.15, -0.1) is 0 Å². The Hall–Kier alpha value is -2.07. The number of aromatic carboxylic acids is 1. The number of carbonyl (C=O) groups is 1. The van der Waals surface area contributed by atoms with Crippen molar-refractivity contribution in [3.05, 3.63) is 59.5 Å². The number of hydrogen-bond donors (Lipinski definition) is 1. The Morgan fingerprint density at radius 2 is 2.00 bits per heavy atom. The molecule has 2 aromatic rings. The van der Waals surface area contributed by atoms with Gasteiger partial charge in [-0.1, -0.05) is 30.3 Å². The summed E-state index contributed by atoms with van der Waals surface area (Å²) < 4.78 is 5.21. The normalized spacial score (nSPS) is 10.8. The van der Waals surface area contributed by atoms with E-state index in [-0.39, 0.29) is 5.56 Å². The van der Waals surface area contributed by atoms with Crippen LogP contribution in [0.3, 0.4) is 0 Å². The third-order valence-corrected chi connectivity index (χ3v) is 2.62. The highest BCUT2D eigenvalue weighted by atomic mass is 16.4. The number of carboxylic acids is 1. The summed E-state index contributed by atoms with van der Waals surface area (Å²) in [6.07, 6.45) is 1.27. The number of furan rings is 1. The monoisotopic (exact) mass is 245 g/mol. The number of rotatable bonds is 5. The maximum absolute atomic E-state index is 10.7. The highest BCUT2D eigenvalue weighted by Gasteiger charge is 2.10. The lowest BCUT2D eigenvalue weighted by Crippen LogP contribution is -2.16. The lowest BCUT2D eigenvalue weighted by atomic mass is 10.2. The molecule has 0 saturated carbocycles. The molecule has 1 aromatic heterocycles. The first kappa shape index (κ1) is 12.4. The zero-order valence-electron chi connectivity index (χ0n) is 10.2. The van der Waals surface area contributed by atoms with Crippen LogP contribution in [0, 0.1) is 0 Å². The van der Waals surface area contributed by atoms with E-state index in [0.29, 0.717) is 12.3 Å². The van der Waals surface area contributed by atoms with Gasteiger partial charge < -0.3 is 9.52 Å². The van der Waals surface area contributed by atoms with Gasteiger partial charge in [0.1, 0.15) is 12.0 Å². The predicted octanol–water partition coefficient (Wildman–Crippen LogP) is 2.61. The Morgan fingerprint density at radius 1 is 1.28 bits per heavy atom. The molecule has 1 aromatic carbocycles. The van der Waals surface area contributed by atoms with Crippen molar-refractivity contribution >= 4 is 5.97 Å². The first-order valence-electron chi connectivity index (χ1n) is 5.68. The molecule has 4 heteroatoms. The second-order valence-corrected chi connectivity index (χ2v) is 4.26. The number of nitrogens with zero attached hydrogens (tertiary/aromatic N) is 1. The summed E-state index contributed by atoms with van der Waals surface area (Å²) in [7, 11) is 1.97. The average Bonchev–Trinajstić information content (AvgIpc) is 2.78. The fourth-order valence-corrected chi connectivity index (χ4v) is 1.79. The van der Waals surface area contributed by atoms with Gasteiger partial charge in [0.05, 0.1) is 12.1 Å². The molecule has 94 valence electrons. The van der Waals surface area contributed by atoms with Crippen LogP contribution in [-0.4, -0.2) is 23.0 Å². The van der Waals surface area contributed by atoms with Crippen molar-refractivity contribution in [2.24, 2.45) is 0 Å². The summed E-state index contributed by atoms with van der Waals surface area (Å²) in [6.45, 7) is 1.38. The van der Waals surface area contributed by atoms with Gasteiger partial charge in [0, 0.05) is 6.54 Å². The molecule has 18 heavy (non-hydrogen) atoms. The molecular weight excluding hydrogens is 230 g/mol. The van der Waals surface area contributed by atoms with E-state index in [4.69, 9.17) is 9.52 Å². The Morgan fingerprint density at radius 3 is 2.61 bits per heavy atom. The molecule has 0 aliphatic heterocycles. The molecule has 0 spiro atoms. The molecule has 0 aliphatic rings. The van der Waals surface area contributed by atoms with E-state index in [2.05, 4.69) is 17.0 Å². The van der Waals surface area contributed by atoms with E-state index >= 15 is 0 Å². The van der Waals surface area contributed by atoms with Crippen LogP contribution in [-0.2, 0) is 13.1 Å². The summed E-state index contributed by atoms with van der Waals surface area (Å²) in [5, 5.41) is 8.79. The Labute approximate surface area is 105 Å². The average molecular weight is 245 g/mol. The second kappa shape index (κ2) is 5.51. The van der Waals surface area contributed by atoms with Crippen molar-refractivity contribution in [2.45, 2.75) is 13.1 Å². The SMILES string of the molecule is CN(Cc1ccccc1)Cc1cc(C(=O)O)co1. The number of carboxylic acid groups (broad SMARTS) is 1. The van der Waals surface area contributed by atoms with E-state index in [9.17, 15) is 4.79 Å². The van der Waals surface area contributed by atoms with E-state index in [1.807, 2.05) is 25.2 Å². The summed E-state index contributed by atoms with van der Waals surface area (Å²) in [5.74, 6) is -0.304. The number of benzene rings is 1. The van der Waals surface area contributed by atoms with Gasteiger partial charge in [-0.2, -0.15) is 0 Å². The van der Waals surface area contributed by atoms with Crippen LogP contribution in [0.2, 0.25) is 0 Å². The molecule has 0 bridgehead atoms. The van der Waals surface area contributed by atoms with E-state index in [1.54, 1.807) is 6.07 Å². The molecule has 1 heterocycles. The standard InChI is InChI=1S/C14H15NO3/c1-15(8-11-5-3-2-4-6-11)9-13-7-12(10-18-13)14(16)17/h2-7,10H,8-9H2,1H3,(H,16,17). The molecule has 0 atom stereocenters. The van der Waals surface area contributed by atoms with Gasteiger partial charge >= 0.3 is 5.97 Å². The van der Waals surface area contributed by atoms with Gasteiger partial charge in [-0.3, -0.25) is 4.90 Å². The van der Waals surface area contributed by atoms with Crippen LogP contribution in [0.15, 0.2) is 47.1 Å². The van der Waals surface area contributed by atoms with Crippen molar-refractivity contribution in [2.75, 3.05) is 7.05 Å². The zero-order chi connectivity index (χ0) is 13.0. The quantitative estimate of drug-likeness (QED) is 0.879. The topological polar surface area (TPSA) is 53.7 Å². The molecular formula is C14H15NO3. The fraction of sp³-hybridized carbons (Fsp3) is 0.214. The minimum absolute atomic E-state index is 0.193. The largest absolute Gasteiger partial charge is 0.478 e. The van der Waals surface area contributed by atoms with Crippen molar-refractivity contribution < 1.29 is 14.3 Å². The first-order chi connectivity index (χ1) is 8.65. The van der Waals surface area contributed by atoms with Gasteiger partial charge in [-0.05, 0) is 18.7 Å². The van der Waals surface area contributed by atoms with Crippen molar-refractivity contribution in [3.8, 4) is 0 Å². The molecule has 2 rings (SSSR count). The molecule has 0 unspecified atom stereocenters. The molecule has 0 saturated heterocycles. The predicted molar refractivity (Wildman–Crippen MR) is 67.3 cm³/mol. The highest BCUT2D eigenvalue weighted by molar-refractivity contribution is 5.87. The molecule has 0 amide bonds. The minimum atomic E-state index is -0.962. The fourth-order valence-electron chi connectivity index (χ4n) is 1.79. The Balaban J connectivity index is 1.94. The van der Waals surface area contributed by atoms with Crippen LogP contribution in [0.4, 0.5) is 0 Å². The van der Waals surface area contributed by atoms with E-state index < -0.39 is 5.97 Å². The summed E-state index contributed by atoms with van der Waals surface area (Å²) in [6, 6.07) is 11.7. The van der Waals surface area contributed by atoms with E-state index in [1.165, 1.54) is 11.8 Å². The maximum Gasteiger partial charge on any atom is 0.338 e. The first-order valence-corrected chi connectivity index (χ1v) is 5.68. The minimum Gasteiger partial charge on any atom is -0.478 e. The van der Waals surface area contributed by atoms with Crippen LogP contribution < -0.4 is 0 Å². The molecule has 0 aliphatic carbocycles. The van der Waals surface area contributed by atoms with Crippen molar-refractivity contribution in [1.82, 2.24) is 4.90 Å². The summed E-state index contributed by atoms with van der Waals surface area (Å²) in [5.41, 5.74) is 1.41. The highest BCUT2D eigenvalue weighted by Crippen LogP contribution is 2.11.